The summed E-state index contributed by atoms with van der Waals surface area (Å²) in [6, 6.07) is 9.12. The summed E-state index contributed by atoms with van der Waals surface area (Å²) in [6.45, 7) is 7.07. The largest absolute Gasteiger partial charge is 0.368 e. The number of hydrogen-bond acceptors (Lipinski definition) is 6. The van der Waals surface area contributed by atoms with E-state index in [0.29, 0.717) is 11.8 Å². The van der Waals surface area contributed by atoms with Crippen molar-refractivity contribution in [2.24, 2.45) is 0 Å². The summed E-state index contributed by atoms with van der Waals surface area (Å²) < 4.78 is 5.20. The molecule has 0 saturated carbocycles. The van der Waals surface area contributed by atoms with E-state index >= 15 is 0 Å². The van der Waals surface area contributed by atoms with Crippen LogP contribution in [-0.2, 0) is 13.0 Å². The summed E-state index contributed by atoms with van der Waals surface area (Å²) in [5.74, 6) is 0.794. The lowest BCUT2D eigenvalue weighted by atomic mass is 9.99. The third-order valence-corrected chi connectivity index (χ3v) is 4.79. The van der Waals surface area contributed by atoms with Gasteiger partial charge >= 0.3 is 0 Å². The van der Waals surface area contributed by atoms with Gasteiger partial charge in [0.15, 0.2) is 0 Å². The van der Waals surface area contributed by atoms with Gasteiger partial charge in [0.25, 0.3) is 5.71 Å². The Kier molecular flexibility index (Phi) is 3.90. The fourth-order valence-electron chi connectivity index (χ4n) is 3.32. The normalized spacial score (nSPS) is 16.1. The van der Waals surface area contributed by atoms with E-state index < -0.39 is 0 Å². The first-order valence-corrected chi connectivity index (χ1v) is 8.34. The van der Waals surface area contributed by atoms with E-state index in [1.165, 1.54) is 17.5 Å². The van der Waals surface area contributed by atoms with E-state index in [1.807, 2.05) is 6.92 Å². The Morgan fingerprint density at radius 3 is 2.96 bits per heavy atom. The maximum Gasteiger partial charge on any atom is 0.263 e. The molecular formula is C18H21N5O. The van der Waals surface area contributed by atoms with Crippen LogP contribution < -0.4 is 5.32 Å². The molecule has 0 bridgehead atoms. The summed E-state index contributed by atoms with van der Waals surface area (Å²) in [5.41, 5.74) is 4.26. The average molecular weight is 323 g/mol. The number of fused-ring (bicyclic) bond motifs is 2. The minimum Gasteiger partial charge on any atom is -0.368 e. The number of benzene rings is 1. The van der Waals surface area contributed by atoms with Crippen molar-refractivity contribution in [1.29, 1.82) is 0 Å². The van der Waals surface area contributed by atoms with Crippen molar-refractivity contribution >= 4 is 16.9 Å². The van der Waals surface area contributed by atoms with Crippen LogP contribution in [0, 0.1) is 6.92 Å². The van der Waals surface area contributed by atoms with E-state index in [2.05, 4.69) is 56.5 Å². The van der Waals surface area contributed by atoms with Gasteiger partial charge in [-0.15, -0.1) is 0 Å². The number of nitrogens with zero attached hydrogens (tertiary/aromatic N) is 4. The number of anilines is 1. The molecule has 6 heteroatoms. The van der Waals surface area contributed by atoms with Crippen molar-refractivity contribution < 1.29 is 4.52 Å². The molecule has 4 rings (SSSR count). The summed E-state index contributed by atoms with van der Waals surface area (Å²) >= 11 is 0. The number of hydrogen-bond donors (Lipinski definition) is 1. The zero-order valence-corrected chi connectivity index (χ0v) is 14.0. The van der Waals surface area contributed by atoms with E-state index in [4.69, 9.17) is 4.52 Å². The van der Waals surface area contributed by atoms with Crippen molar-refractivity contribution in [3.63, 3.8) is 0 Å². The molecule has 0 saturated heterocycles. The minimum atomic E-state index is 0.406. The lowest BCUT2D eigenvalue weighted by molar-refractivity contribution is 0.198. The number of rotatable bonds is 4. The second-order valence-corrected chi connectivity index (χ2v) is 6.39. The summed E-state index contributed by atoms with van der Waals surface area (Å²) in [6.07, 6.45) is 2.63. The van der Waals surface area contributed by atoms with Crippen LogP contribution in [0.15, 0.2) is 35.1 Å². The molecule has 0 aliphatic carbocycles. The van der Waals surface area contributed by atoms with Crippen molar-refractivity contribution in [3.8, 4) is 0 Å². The fraction of sp³-hybridized carbons (Fsp3) is 0.389. The van der Waals surface area contributed by atoms with Gasteiger partial charge in [-0.2, -0.15) is 4.98 Å². The fourth-order valence-corrected chi connectivity index (χ4v) is 3.32. The molecule has 6 nitrogen and oxygen atoms in total. The molecule has 1 atom stereocenters. The molecule has 1 N–H and O–H groups in total. The molecule has 2 aromatic heterocycles. The molecule has 124 valence electrons. The van der Waals surface area contributed by atoms with Crippen LogP contribution in [0.4, 0.5) is 5.82 Å². The van der Waals surface area contributed by atoms with E-state index in [0.717, 1.165) is 43.0 Å². The van der Waals surface area contributed by atoms with Gasteiger partial charge in [0.1, 0.15) is 17.5 Å². The molecule has 0 spiro atoms. The predicted octanol–water partition coefficient (Wildman–Crippen LogP) is 2.78. The highest BCUT2D eigenvalue weighted by molar-refractivity contribution is 5.87. The zero-order valence-electron chi connectivity index (χ0n) is 14.0. The SMILES string of the molecule is Cc1noc2ncnc(NC[C@H](C)N3CCc4ccccc4C3)c12. The van der Waals surface area contributed by atoms with Crippen molar-refractivity contribution in [3.05, 3.63) is 47.4 Å². The van der Waals surface area contributed by atoms with Gasteiger partial charge in [-0.05, 0) is 31.4 Å². The van der Waals surface area contributed by atoms with Gasteiger partial charge in [-0.1, -0.05) is 29.4 Å². The van der Waals surface area contributed by atoms with Crippen LogP contribution in [0.3, 0.4) is 0 Å². The van der Waals surface area contributed by atoms with Crippen LogP contribution in [0.25, 0.3) is 11.1 Å². The standard InChI is InChI=1S/C18H21N5O/c1-12(23-8-7-14-5-3-4-6-15(14)10-23)9-19-17-16-13(2)22-24-18(16)21-11-20-17/h3-6,11-12H,7-10H2,1-2H3,(H,19,20,21)/t12-/m0/s1. The van der Waals surface area contributed by atoms with Crippen LogP contribution in [0.1, 0.15) is 23.7 Å². The maximum atomic E-state index is 5.20. The third-order valence-electron chi connectivity index (χ3n) is 4.79. The summed E-state index contributed by atoms with van der Waals surface area (Å²) in [7, 11) is 0. The number of nitrogens with one attached hydrogen (secondary N) is 1. The average Bonchev–Trinajstić information content (AvgIpc) is 3.01. The topological polar surface area (TPSA) is 67.1 Å². The predicted molar refractivity (Wildman–Crippen MR) is 92.8 cm³/mol. The molecule has 0 unspecified atom stereocenters. The lowest BCUT2D eigenvalue weighted by Crippen LogP contribution is -2.41. The number of aromatic nitrogens is 3. The lowest BCUT2D eigenvalue weighted by Gasteiger charge is -2.33. The first kappa shape index (κ1) is 15.1. The Morgan fingerprint density at radius 2 is 2.08 bits per heavy atom. The van der Waals surface area contributed by atoms with Gasteiger partial charge in [-0.3, -0.25) is 4.90 Å². The Labute approximate surface area is 140 Å². The Hall–Kier alpha value is -2.47. The van der Waals surface area contributed by atoms with Crippen LogP contribution in [-0.4, -0.2) is 39.2 Å². The quantitative estimate of drug-likeness (QED) is 0.796. The molecule has 1 aliphatic heterocycles. The zero-order chi connectivity index (χ0) is 16.5. The third kappa shape index (κ3) is 2.73. The second-order valence-electron chi connectivity index (χ2n) is 6.39. The minimum absolute atomic E-state index is 0.406. The van der Waals surface area contributed by atoms with E-state index in [9.17, 15) is 0 Å². The highest BCUT2D eigenvalue weighted by Gasteiger charge is 2.21. The highest BCUT2D eigenvalue weighted by atomic mass is 16.5. The molecule has 3 heterocycles. The van der Waals surface area contributed by atoms with Crippen molar-refractivity contribution in [1.82, 2.24) is 20.0 Å². The van der Waals surface area contributed by atoms with Crippen LogP contribution in [0.2, 0.25) is 0 Å². The first-order valence-electron chi connectivity index (χ1n) is 8.34. The summed E-state index contributed by atoms with van der Waals surface area (Å²) in [4.78, 5) is 11.0. The maximum absolute atomic E-state index is 5.20. The van der Waals surface area contributed by atoms with Crippen molar-refractivity contribution in [2.45, 2.75) is 32.9 Å². The summed E-state index contributed by atoms with van der Waals surface area (Å²) in [5, 5.41) is 8.28. The first-order chi connectivity index (χ1) is 11.7. The molecule has 1 aromatic carbocycles. The van der Waals surface area contributed by atoms with Gasteiger partial charge < -0.3 is 9.84 Å². The molecule has 1 aliphatic rings. The van der Waals surface area contributed by atoms with Crippen LogP contribution >= 0.6 is 0 Å². The molecule has 0 radical (unpaired) electrons. The van der Waals surface area contributed by atoms with Gasteiger partial charge in [0.05, 0.1) is 5.69 Å². The smallest absolute Gasteiger partial charge is 0.263 e. The van der Waals surface area contributed by atoms with Crippen LogP contribution in [0.5, 0.6) is 0 Å². The molecular weight excluding hydrogens is 302 g/mol. The Morgan fingerprint density at radius 1 is 1.25 bits per heavy atom. The Balaban J connectivity index is 1.45. The molecule has 3 aromatic rings. The number of aryl methyl sites for hydroxylation is 1. The monoisotopic (exact) mass is 323 g/mol. The molecule has 0 amide bonds. The van der Waals surface area contributed by atoms with E-state index in [1.54, 1.807) is 0 Å². The second kappa shape index (κ2) is 6.20. The van der Waals surface area contributed by atoms with E-state index in [-0.39, 0.29) is 0 Å². The van der Waals surface area contributed by atoms with Crippen molar-refractivity contribution in [2.75, 3.05) is 18.4 Å². The Bertz CT molecular complexity index is 859. The van der Waals surface area contributed by atoms with Gasteiger partial charge in [0.2, 0.25) is 0 Å². The highest BCUT2D eigenvalue weighted by Crippen LogP contribution is 2.23. The van der Waals surface area contributed by atoms with Gasteiger partial charge in [0, 0.05) is 25.7 Å². The molecule has 0 fully saturated rings. The van der Waals surface area contributed by atoms with Gasteiger partial charge in [-0.25, -0.2) is 4.98 Å². The molecule has 24 heavy (non-hydrogen) atoms.